The van der Waals surface area contributed by atoms with Crippen molar-refractivity contribution in [2.75, 3.05) is 5.75 Å². The lowest BCUT2D eigenvalue weighted by atomic mass is 10.1. The molecule has 0 spiro atoms. The van der Waals surface area contributed by atoms with Crippen molar-refractivity contribution in [3.8, 4) is 0 Å². The summed E-state index contributed by atoms with van der Waals surface area (Å²) in [6.45, 7) is 0. The van der Waals surface area contributed by atoms with Gasteiger partial charge in [0.1, 0.15) is 0 Å². The van der Waals surface area contributed by atoms with E-state index in [9.17, 15) is 9.59 Å². The molecular weight excluding hydrogens is 370 g/mol. The Morgan fingerprint density at radius 2 is 1.81 bits per heavy atom. The molecule has 0 aliphatic heterocycles. The Balaban J connectivity index is 1.56. The molecule has 2 aromatic carbocycles. The average Bonchev–Trinajstić information content (AvgIpc) is 3.46. The van der Waals surface area contributed by atoms with Crippen LogP contribution in [0.5, 0.6) is 0 Å². The summed E-state index contributed by atoms with van der Waals surface area (Å²) < 4.78 is 5.49. The van der Waals surface area contributed by atoms with E-state index in [1.807, 2.05) is 42.5 Å². The first kappa shape index (κ1) is 18.8. The molecule has 0 radical (unpaired) electrons. The van der Waals surface area contributed by atoms with Gasteiger partial charge in [-0.05, 0) is 24.5 Å². The number of hydrogen-bond acceptors (Lipinski definition) is 4. The lowest BCUT2D eigenvalue weighted by Gasteiger charge is -2.18. The van der Waals surface area contributed by atoms with Crippen molar-refractivity contribution in [3.63, 3.8) is 0 Å². The summed E-state index contributed by atoms with van der Waals surface area (Å²) in [6.07, 6.45) is 1.05. The monoisotopic (exact) mass is 389 g/mol. The van der Waals surface area contributed by atoms with Gasteiger partial charge in [-0.25, -0.2) is 0 Å². The van der Waals surface area contributed by atoms with Crippen LogP contribution in [-0.2, 0) is 20.1 Å². The molecule has 2 aromatic rings. The third-order valence-electron chi connectivity index (χ3n) is 3.95. The Morgan fingerprint density at radius 3 is 2.50 bits per heavy atom. The highest BCUT2D eigenvalue weighted by molar-refractivity contribution is 7.99. The second-order valence-corrected chi connectivity index (χ2v) is 7.54. The predicted octanol–water partition coefficient (Wildman–Crippen LogP) is 4.14. The highest BCUT2D eigenvalue weighted by Gasteiger charge is 2.30. The summed E-state index contributed by atoms with van der Waals surface area (Å²) in [7, 11) is 0. The molecule has 1 fully saturated rings. The van der Waals surface area contributed by atoms with Gasteiger partial charge >= 0.3 is 5.97 Å². The molecule has 0 unspecified atom stereocenters. The first-order valence-electron chi connectivity index (χ1n) is 8.49. The van der Waals surface area contributed by atoms with Crippen molar-refractivity contribution in [1.29, 1.82) is 0 Å². The van der Waals surface area contributed by atoms with Crippen LogP contribution in [0.15, 0.2) is 54.6 Å². The Bertz CT molecular complexity index is 765. The van der Waals surface area contributed by atoms with Crippen LogP contribution in [0, 0.1) is 0 Å². The van der Waals surface area contributed by atoms with E-state index in [0.717, 1.165) is 18.4 Å². The highest BCUT2D eigenvalue weighted by atomic mass is 35.5. The van der Waals surface area contributed by atoms with Crippen molar-refractivity contribution < 1.29 is 14.3 Å². The summed E-state index contributed by atoms with van der Waals surface area (Å²) in [5.74, 6) is 0.0922. The molecule has 1 aliphatic carbocycles. The molecule has 1 atom stereocenters. The van der Waals surface area contributed by atoms with Gasteiger partial charge in [-0.1, -0.05) is 60.1 Å². The third-order valence-corrected chi connectivity index (χ3v) is 5.27. The molecule has 4 nitrogen and oxygen atoms in total. The number of esters is 1. The zero-order chi connectivity index (χ0) is 18.4. The zero-order valence-electron chi connectivity index (χ0n) is 14.2. The van der Waals surface area contributed by atoms with Gasteiger partial charge in [-0.3, -0.25) is 9.59 Å². The Morgan fingerprint density at radius 1 is 1.12 bits per heavy atom. The van der Waals surface area contributed by atoms with Gasteiger partial charge in [0.2, 0.25) is 6.10 Å². The Hall–Kier alpha value is -1.98. The number of thioether (sulfide) groups is 1. The van der Waals surface area contributed by atoms with Gasteiger partial charge in [-0.2, -0.15) is 0 Å². The topological polar surface area (TPSA) is 55.4 Å². The van der Waals surface area contributed by atoms with E-state index < -0.39 is 12.1 Å². The maximum absolute atomic E-state index is 12.5. The highest BCUT2D eigenvalue weighted by Crippen LogP contribution is 2.25. The lowest BCUT2D eigenvalue weighted by molar-refractivity contribution is -0.154. The fourth-order valence-corrected chi connectivity index (χ4v) is 3.52. The number of hydrogen-bond donors (Lipinski definition) is 1. The fraction of sp³-hybridized carbons (Fsp3) is 0.300. The van der Waals surface area contributed by atoms with Crippen LogP contribution in [-0.4, -0.2) is 23.7 Å². The molecule has 1 saturated carbocycles. The number of rotatable bonds is 8. The SMILES string of the molecule is O=C(CSCc1ccccc1Cl)O[C@@H](C(=O)NC1CC1)c1ccccc1. The van der Waals surface area contributed by atoms with Crippen LogP contribution in [0.4, 0.5) is 0 Å². The van der Waals surface area contributed by atoms with Crippen molar-refractivity contribution >= 4 is 35.2 Å². The second-order valence-electron chi connectivity index (χ2n) is 6.15. The van der Waals surface area contributed by atoms with Crippen molar-refractivity contribution in [3.05, 3.63) is 70.7 Å². The van der Waals surface area contributed by atoms with E-state index in [2.05, 4.69) is 5.32 Å². The maximum Gasteiger partial charge on any atom is 0.317 e. The number of benzene rings is 2. The first-order chi connectivity index (χ1) is 12.6. The molecule has 0 aromatic heterocycles. The maximum atomic E-state index is 12.5. The zero-order valence-corrected chi connectivity index (χ0v) is 15.8. The van der Waals surface area contributed by atoms with Crippen molar-refractivity contribution in [2.45, 2.75) is 30.7 Å². The molecule has 1 aliphatic rings. The minimum Gasteiger partial charge on any atom is -0.447 e. The summed E-state index contributed by atoms with van der Waals surface area (Å²) in [5.41, 5.74) is 1.65. The number of carbonyl (C=O) groups is 2. The quantitative estimate of drug-likeness (QED) is 0.689. The molecule has 1 N–H and O–H groups in total. The van der Waals surface area contributed by atoms with Gasteiger partial charge in [0.05, 0.1) is 5.75 Å². The van der Waals surface area contributed by atoms with E-state index in [0.29, 0.717) is 16.3 Å². The fourth-order valence-electron chi connectivity index (χ4n) is 2.43. The molecule has 0 bridgehead atoms. The third kappa shape index (κ3) is 5.51. The molecule has 0 saturated heterocycles. The van der Waals surface area contributed by atoms with Gasteiger partial charge in [-0.15, -0.1) is 11.8 Å². The molecule has 1 amide bonds. The van der Waals surface area contributed by atoms with Crippen LogP contribution in [0.3, 0.4) is 0 Å². The van der Waals surface area contributed by atoms with E-state index in [-0.39, 0.29) is 17.7 Å². The van der Waals surface area contributed by atoms with Crippen LogP contribution in [0.2, 0.25) is 5.02 Å². The molecular formula is C20H20ClNO3S. The molecule has 0 heterocycles. The van der Waals surface area contributed by atoms with Crippen molar-refractivity contribution in [1.82, 2.24) is 5.32 Å². The van der Waals surface area contributed by atoms with Gasteiger partial charge in [0.25, 0.3) is 5.91 Å². The number of halogens is 1. The lowest BCUT2D eigenvalue weighted by Crippen LogP contribution is -2.33. The van der Waals surface area contributed by atoms with E-state index >= 15 is 0 Å². The van der Waals surface area contributed by atoms with E-state index in [1.165, 1.54) is 11.8 Å². The number of nitrogens with one attached hydrogen (secondary N) is 1. The van der Waals surface area contributed by atoms with Gasteiger partial charge in [0, 0.05) is 22.4 Å². The van der Waals surface area contributed by atoms with Gasteiger partial charge in [0.15, 0.2) is 0 Å². The first-order valence-corrected chi connectivity index (χ1v) is 10.0. The number of amides is 1. The summed E-state index contributed by atoms with van der Waals surface area (Å²) in [5, 5.41) is 3.59. The van der Waals surface area contributed by atoms with E-state index in [1.54, 1.807) is 12.1 Å². The minimum absolute atomic E-state index is 0.158. The number of ether oxygens (including phenoxy) is 1. The van der Waals surface area contributed by atoms with Crippen LogP contribution in [0.1, 0.15) is 30.1 Å². The summed E-state index contributed by atoms with van der Waals surface area (Å²) >= 11 is 7.53. The second kappa shape index (κ2) is 9.10. The largest absolute Gasteiger partial charge is 0.447 e. The van der Waals surface area contributed by atoms with Crippen LogP contribution < -0.4 is 5.32 Å². The van der Waals surface area contributed by atoms with Crippen LogP contribution >= 0.6 is 23.4 Å². The smallest absolute Gasteiger partial charge is 0.317 e. The van der Waals surface area contributed by atoms with Gasteiger partial charge < -0.3 is 10.1 Å². The summed E-state index contributed by atoms with van der Waals surface area (Å²) in [4.78, 5) is 24.7. The molecule has 26 heavy (non-hydrogen) atoms. The van der Waals surface area contributed by atoms with Crippen molar-refractivity contribution in [2.24, 2.45) is 0 Å². The Kier molecular flexibility index (Phi) is 6.58. The molecule has 136 valence electrons. The number of carbonyl (C=O) groups excluding carboxylic acids is 2. The Labute approximate surface area is 162 Å². The summed E-state index contributed by atoms with van der Waals surface area (Å²) in [6, 6.07) is 16.8. The van der Waals surface area contributed by atoms with E-state index in [4.69, 9.17) is 16.3 Å². The average molecular weight is 390 g/mol. The molecule has 6 heteroatoms. The normalized spacial score (nSPS) is 14.5. The van der Waals surface area contributed by atoms with Crippen LogP contribution in [0.25, 0.3) is 0 Å². The standard InChI is InChI=1S/C20H20ClNO3S/c21-17-9-5-4-8-15(17)12-26-13-18(23)25-19(14-6-2-1-3-7-14)20(24)22-16-10-11-16/h1-9,16,19H,10-13H2,(H,22,24)/t19-/m1/s1. The minimum atomic E-state index is -0.912. The predicted molar refractivity (Wildman–Crippen MR) is 104 cm³/mol. The molecule has 3 rings (SSSR count).